The Bertz CT molecular complexity index is 381. The highest BCUT2D eigenvalue weighted by Crippen LogP contribution is 2.20. The lowest BCUT2D eigenvalue weighted by Gasteiger charge is -2.38. The zero-order chi connectivity index (χ0) is 14.3. The summed E-state index contributed by atoms with van der Waals surface area (Å²) in [7, 11) is 0. The number of carbonyl (C=O) groups excluding carboxylic acids is 1. The number of unbranched alkanes of at least 4 members (excludes halogenated alkanes) is 1. The number of Topliss-reactive ketones (excluding diaryl/α,β-unsaturated/α-hetero) is 1. The fourth-order valence-corrected chi connectivity index (χ4v) is 2.83. The van der Waals surface area contributed by atoms with E-state index in [4.69, 9.17) is 0 Å². The summed E-state index contributed by atoms with van der Waals surface area (Å²) in [5.41, 5.74) is 0.796. The van der Waals surface area contributed by atoms with Crippen LogP contribution in [0.25, 0.3) is 0 Å². The van der Waals surface area contributed by atoms with Crippen LogP contribution in [0.1, 0.15) is 51.9 Å². The molecule has 2 rings (SSSR count). The molecule has 0 aromatic rings. The molecular formula is C16H27N3O. The highest BCUT2D eigenvalue weighted by atomic mass is 16.1. The Hall–Kier alpha value is -0.970. The molecule has 0 radical (unpaired) electrons. The van der Waals surface area contributed by atoms with Gasteiger partial charge in [0.1, 0.15) is 5.66 Å². The first-order valence-electron chi connectivity index (χ1n) is 7.86. The number of hydrogen-bond acceptors (Lipinski definition) is 4. The van der Waals surface area contributed by atoms with Crippen molar-refractivity contribution in [2.45, 2.75) is 57.5 Å². The van der Waals surface area contributed by atoms with Gasteiger partial charge in [-0.05, 0) is 25.7 Å². The summed E-state index contributed by atoms with van der Waals surface area (Å²) in [6.45, 7) is 3.56. The van der Waals surface area contributed by atoms with Gasteiger partial charge in [-0.2, -0.15) is 0 Å². The van der Waals surface area contributed by atoms with Crippen LogP contribution < -0.4 is 16.0 Å². The van der Waals surface area contributed by atoms with Gasteiger partial charge in [-0.15, -0.1) is 0 Å². The Labute approximate surface area is 122 Å². The second-order valence-corrected chi connectivity index (χ2v) is 5.65. The van der Waals surface area contributed by atoms with Crippen molar-refractivity contribution in [2.24, 2.45) is 0 Å². The predicted molar refractivity (Wildman–Crippen MR) is 82.1 cm³/mol. The summed E-state index contributed by atoms with van der Waals surface area (Å²) >= 11 is 0. The molecule has 0 amide bonds. The molecule has 3 N–H and O–H groups in total. The van der Waals surface area contributed by atoms with Crippen molar-refractivity contribution < 1.29 is 4.79 Å². The van der Waals surface area contributed by atoms with Gasteiger partial charge >= 0.3 is 0 Å². The molecule has 1 aliphatic carbocycles. The number of rotatable bonds is 7. The van der Waals surface area contributed by atoms with E-state index in [1.165, 1.54) is 5.57 Å². The highest BCUT2D eigenvalue weighted by Gasteiger charge is 2.37. The van der Waals surface area contributed by atoms with E-state index in [1.54, 1.807) is 0 Å². The summed E-state index contributed by atoms with van der Waals surface area (Å²) in [6.07, 6.45) is 13.4. The summed E-state index contributed by atoms with van der Waals surface area (Å²) < 4.78 is 0. The third-order valence-corrected chi connectivity index (χ3v) is 4.12. The van der Waals surface area contributed by atoms with Crippen LogP contribution >= 0.6 is 0 Å². The minimum atomic E-state index is -0.514. The van der Waals surface area contributed by atoms with E-state index in [2.05, 4.69) is 41.1 Å². The largest absolute Gasteiger partial charge is 0.296 e. The molecule has 4 heteroatoms. The molecule has 0 aromatic carbocycles. The molecule has 0 unspecified atom stereocenters. The summed E-state index contributed by atoms with van der Waals surface area (Å²) in [5, 5.41) is 9.87. The molecule has 20 heavy (non-hydrogen) atoms. The van der Waals surface area contributed by atoms with Crippen LogP contribution in [0.5, 0.6) is 0 Å². The zero-order valence-electron chi connectivity index (χ0n) is 12.5. The minimum Gasteiger partial charge on any atom is -0.296 e. The van der Waals surface area contributed by atoms with Crippen LogP contribution in [-0.4, -0.2) is 24.8 Å². The van der Waals surface area contributed by atoms with Crippen LogP contribution in [0.15, 0.2) is 23.8 Å². The Morgan fingerprint density at radius 1 is 1.30 bits per heavy atom. The first-order chi connectivity index (χ1) is 9.77. The van der Waals surface area contributed by atoms with E-state index in [-0.39, 0.29) is 0 Å². The molecule has 0 spiro atoms. The van der Waals surface area contributed by atoms with Gasteiger partial charge in [0.05, 0.1) is 0 Å². The Morgan fingerprint density at radius 3 is 2.75 bits per heavy atom. The lowest BCUT2D eigenvalue weighted by atomic mass is 9.91. The van der Waals surface area contributed by atoms with Gasteiger partial charge in [-0.1, -0.05) is 43.6 Å². The Balaban J connectivity index is 1.91. The molecule has 0 aromatic heterocycles. The van der Waals surface area contributed by atoms with E-state index in [0.717, 1.165) is 38.5 Å². The molecule has 1 fully saturated rings. The van der Waals surface area contributed by atoms with Gasteiger partial charge in [0, 0.05) is 19.8 Å². The van der Waals surface area contributed by atoms with Crippen molar-refractivity contribution in [3.05, 3.63) is 23.8 Å². The van der Waals surface area contributed by atoms with Crippen LogP contribution in [-0.2, 0) is 4.79 Å². The molecule has 2 aliphatic rings. The Kier molecular flexibility index (Phi) is 5.95. The summed E-state index contributed by atoms with van der Waals surface area (Å²) in [6, 6.07) is 0. The Morgan fingerprint density at radius 2 is 2.10 bits per heavy atom. The molecule has 112 valence electrons. The van der Waals surface area contributed by atoms with Gasteiger partial charge in [0.15, 0.2) is 5.78 Å². The predicted octanol–water partition coefficient (Wildman–Crippen LogP) is 2.20. The van der Waals surface area contributed by atoms with Crippen molar-refractivity contribution in [3.8, 4) is 0 Å². The van der Waals surface area contributed by atoms with Crippen LogP contribution in [0.2, 0.25) is 0 Å². The van der Waals surface area contributed by atoms with E-state index in [0.29, 0.717) is 25.5 Å². The lowest BCUT2D eigenvalue weighted by molar-refractivity contribution is -0.128. The molecule has 1 saturated heterocycles. The monoisotopic (exact) mass is 277 g/mol. The second kappa shape index (κ2) is 7.72. The molecule has 0 saturated carbocycles. The van der Waals surface area contributed by atoms with E-state index in [1.807, 2.05) is 0 Å². The third-order valence-electron chi connectivity index (χ3n) is 4.12. The van der Waals surface area contributed by atoms with Crippen LogP contribution in [0, 0.1) is 0 Å². The van der Waals surface area contributed by atoms with Crippen molar-refractivity contribution in [2.75, 3.05) is 13.3 Å². The third kappa shape index (κ3) is 4.01. The van der Waals surface area contributed by atoms with Crippen molar-refractivity contribution in [3.63, 3.8) is 0 Å². The maximum Gasteiger partial charge on any atom is 0.167 e. The van der Waals surface area contributed by atoms with Gasteiger partial charge < -0.3 is 0 Å². The molecule has 1 aliphatic heterocycles. The number of carbonyl (C=O) groups is 1. The van der Waals surface area contributed by atoms with Gasteiger partial charge in [0.2, 0.25) is 0 Å². The number of hydrogen-bond donors (Lipinski definition) is 3. The minimum absolute atomic E-state index is 0.298. The first kappa shape index (κ1) is 15.4. The standard InChI is InChI=1S/C16H27N3O/c1-2-3-11-16(18-12-17-13-19-16)15(20)10-9-14-7-5-4-6-8-14/h5,7-8,17-19H,2-4,6,9-13H2,1H3. The second-order valence-electron chi connectivity index (χ2n) is 5.65. The van der Waals surface area contributed by atoms with E-state index in [9.17, 15) is 4.79 Å². The van der Waals surface area contributed by atoms with E-state index >= 15 is 0 Å². The lowest BCUT2D eigenvalue weighted by Crippen LogP contribution is -2.69. The van der Waals surface area contributed by atoms with Crippen molar-refractivity contribution >= 4 is 5.78 Å². The number of nitrogens with one attached hydrogen (secondary N) is 3. The summed E-state index contributed by atoms with van der Waals surface area (Å²) in [5.74, 6) is 0.298. The molecular weight excluding hydrogens is 250 g/mol. The maximum atomic E-state index is 12.7. The molecule has 1 heterocycles. The topological polar surface area (TPSA) is 53.2 Å². The highest BCUT2D eigenvalue weighted by molar-refractivity contribution is 5.88. The number of ketones is 1. The average Bonchev–Trinajstić information content (AvgIpc) is 2.52. The first-order valence-corrected chi connectivity index (χ1v) is 7.86. The fraction of sp³-hybridized carbons (Fsp3) is 0.688. The summed E-state index contributed by atoms with van der Waals surface area (Å²) in [4.78, 5) is 12.7. The molecule has 4 nitrogen and oxygen atoms in total. The molecule has 0 bridgehead atoms. The van der Waals surface area contributed by atoms with Crippen molar-refractivity contribution in [1.82, 2.24) is 16.0 Å². The van der Waals surface area contributed by atoms with Gasteiger partial charge in [-0.25, -0.2) is 0 Å². The quantitative estimate of drug-likeness (QED) is 0.668. The normalized spacial score (nSPS) is 21.6. The van der Waals surface area contributed by atoms with Crippen molar-refractivity contribution in [1.29, 1.82) is 0 Å². The fourth-order valence-electron chi connectivity index (χ4n) is 2.83. The molecule has 0 atom stereocenters. The zero-order valence-corrected chi connectivity index (χ0v) is 12.5. The number of allylic oxidation sites excluding steroid dienone is 4. The van der Waals surface area contributed by atoms with Gasteiger partial charge in [-0.3, -0.25) is 20.7 Å². The maximum absolute atomic E-state index is 12.7. The van der Waals surface area contributed by atoms with Crippen LogP contribution in [0.4, 0.5) is 0 Å². The average molecular weight is 277 g/mol. The van der Waals surface area contributed by atoms with Gasteiger partial charge in [0.25, 0.3) is 0 Å². The SMILES string of the molecule is CCCCC1(C(=O)CCC2=CCCC=C2)NCNCN1. The van der Waals surface area contributed by atoms with E-state index < -0.39 is 5.66 Å². The van der Waals surface area contributed by atoms with Crippen LogP contribution in [0.3, 0.4) is 0 Å². The smallest absolute Gasteiger partial charge is 0.167 e.